The molecule has 154 valence electrons. The number of hydrogen-bond donors (Lipinski definition) is 2. The van der Waals surface area contributed by atoms with Crippen LogP contribution in [0.5, 0.6) is 0 Å². The lowest BCUT2D eigenvalue weighted by molar-refractivity contribution is -0.136. The first-order chi connectivity index (χ1) is 13.6. The molecule has 0 radical (unpaired) electrons. The SMILES string of the molecule is COC(=O)Nc1cc(C2NOC(C(F)(F)F)=C2c2cc(Cl)cc(Cl)c2)ccc1C. The second-order valence-corrected chi connectivity index (χ2v) is 7.12. The van der Waals surface area contributed by atoms with Gasteiger partial charge in [0.25, 0.3) is 0 Å². The summed E-state index contributed by atoms with van der Waals surface area (Å²) in [6, 6.07) is 8.02. The zero-order valence-electron chi connectivity index (χ0n) is 15.2. The lowest BCUT2D eigenvalue weighted by atomic mass is 9.92. The van der Waals surface area contributed by atoms with E-state index in [1.165, 1.54) is 25.3 Å². The highest BCUT2D eigenvalue weighted by Gasteiger charge is 2.46. The average molecular weight is 447 g/mol. The number of carbonyl (C=O) groups is 1. The van der Waals surface area contributed by atoms with Crippen LogP contribution < -0.4 is 10.8 Å². The van der Waals surface area contributed by atoms with E-state index in [1.807, 2.05) is 0 Å². The van der Waals surface area contributed by atoms with Gasteiger partial charge >= 0.3 is 12.3 Å². The van der Waals surface area contributed by atoms with E-state index < -0.39 is 24.1 Å². The lowest BCUT2D eigenvalue weighted by Gasteiger charge is -2.17. The van der Waals surface area contributed by atoms with E-state index in [2.05, 4.69) is 15.5 Å². The molecule has 2 N–H and O–H groups in total. The molecule has 29 heavy (non-hydrogen) atoms. The molecule has 1 atom stereocenters. The van der Waals surface area contributed by atoms with Crippen molar-refractivity contribution >= 4 is 40.6 Å². The van der Waals surface area contributed by atoms with Gasteiger partial charge in [-0.15, -0.1) is 5.48 Å². The molecule has 1 aliphatic rings. The molecule has 5 nitrogen and oxygen atoms in total. The average Bonchev–Trinajstić information content (AvgIpc) is 3.08. The van der Waals surface area contributed by atoms with Crippen molar-refractivity contribution in [1.82, 2.24) is 5.48 Å². The number of rotatable bonds is 3. The standard InChI is InChI=1S/C19H15Cl2F3N2O3/c1-9-3-4-10(7-14(9)25-18(27)28-2)16-15(17(29-26-16)19(22,23)24)11-5-12(20)8-13(21)6-11/h3-8,16,26H,1-2H3,(H,25,27). The lowest BCUT2D eigenvalue weighted by Crippen LogP contribution is -2.18. The van der Waals surface area contributed by atoms with Crippen molar-refractivity contribution < 1.29 is 27.5 Å². The summed E-state index contributed by atoms with van der Waals surface area (Å²) in [5, 5.41) is 2.90. The van der Waals surface area contributed by atoms with Crippen LogP contribution in [-0.2, 0) is 9.57 Å². The van der Waals surface area contributed by atoms with Crippen molar-refractivity contribution in [3.05, 3.63) is 68.9 Å². The third kappa shape index (κ3) is 4.60. The number of anilines is 1. The zero-order valence-corrected chi connectivity index (χ0v) is 16.7. The van der Waals surface area contributed by atoms with E-state index in [4.69, 9.17) is 28.0 Å². The maximum absolute atomic E-state index is 13.6. The molecule has 0 saturated heterocycles. The fourth-order valence-electron chi connectivity index (χ4n) is 2.93. The normalized spacial score (nSPS) is 16.6. The molecule has 0 aromatic heterocycles. The number of carbonyl (C=O) groups excluding carboxylic acids is 1. The molecule has 2 aromatic rings. The van der Waals surface area contributed by atoms with Crippen LogP contribution in [0.4, 0.5) is 23.7 Å². The molecule has 0 fully saturated rings. The van der Waals surface area contributed by atoms with Gasteiger partial charge in [0.05, 0.1) is 13.2 Å². The number of benzene rings is 2. The molecule has 0 saturated carbocycles. The first-order valence-electron chi connectivity index (χ1n) is 8.26. The van der Waals surface area contributed by atoms with Gasteiger partial charge in [-0.1, -0.05) is 35.3 Å². The number of nitrogens with one attached hydrogen (secondary N) is 2. The molecule has 1 unspecified atom stereocenters. The summed E-state index contributed by atoms with van der Waals surface area (Å²) >= 11 is 12.0. The Bertz CT molecular complexity index is 973. The van der Waals surface area contributed by atoms with Crippen molar-refractivity contribution in [3.8, 4) is 0 Å². The predicted molar refractivity (Wildman–Crippen MR) is 104 cm³/mol. The Kier molecular flexibility index (Phi) is 5.97. The topological polar surface area (TPSA) is 59.6 Å². The monoisotopic (exact) mass is 446 g/mol. The number of halogens is 5. The number of allylic oxidation sites excluding steroid dienone is 1. The highest BCUT2D eigenvalue weighted by Crippen LogP contribution is 2.45. The summed E-state index contributed by atoms with van der Waals surface area (Å²) in [4.78, 5) is 16.4. The summed E-state index contributed by atoms with van der Waals surface area (Å²) in [7, 11) is 1.21. The minimum Gasteiger partial charge on any atom is -0.453 e. The Morgan fingerprint density at radius 1 is 1.17 bits per heavy atom. The van der Waals surface area contributed by atoms with Gasteiger partial charge in [-0.3, -0.25) is 5.32 Å². The van der Waals surface area contributed by atoms with E-state index in [0.29, 0.717) is 16.8 Å². The van der Waals surface area contributed by atoms with E-state index in [9.17, 15) is 18.0 Å². The van der Waals surface area contributed by atoms with Gasteiger partial charge in [0, 0.05) is 21.3 Å². The van der Waals surface area contributed by atoms with Crippen LogP contribution in [-0.4, -0.2) is 19.4 Å². The Balaban J connectivity index is 2.12. The van der Waals surface area contributed by atoms with Gasteiger partial charge in [-0.2, -0.15) is 13.2 Å². The van der Waals surface area contributed by atoms with Crippen molar-refractivity contribution in [2.45, 2.75) is 19.1 Å². The number of amides is 1. The maximum atomic E-state index is 13.6. The minimum absolute atomic E-state index is 0.160. The van der Waals surface area contributed by atoms with Gasteiger partial charge in [0.1, 0.15) is 0 Å². The minimum atomic E-state index is -4.75. The molecular formula is C19H15Cl2F3N2O3. The maximum Gasteiger partial charge on any atom is 0.451 e. The third-order valence-corrected chi connectivity index (χ3v) is 4.70. The Morgan fingerprint density at radius 2 is 1.83 bits per heavy atom. The van der Waals surface area contributed by atoms with E-state index in [1.54, 1.807) is 25.1 Å². The van der Waals surface area contributed by atoms with Crippen molar-refractivity contribution in [3.63, 3.8) is 0 Å². The summed E-state index contributed by atoms with van der Waals surface area (Å²) in [6.45, 7) is 1.74. The summed E-state index contributed by atoms with van der Waals surface area (Å²) in [6.07, 6.45) is -5.45. The fourth-order valence-corrected chi connectivity index (χ4v) is 3.46. The van der Waals surface area contributed by atoms with Gasteiger partial charge in [-0.05, 0) is 47.9 Å². The number of hydroxylamine groups is 1. The first-order valence-corrected chi connectivity index (χ1v) is 9.01. The highest BCUT2D eigenvalue weighted by atomic mass is 35.5. The highest BCUT2D eigenvalue weighted by molar-refractivity contribution is 6.34. The van der Waals surface area contributed by atoms with Crippen molar-refractivity contribution in [1.29, 1.82) is 0 Å². The second kappa shape index (κ2) is 8.14. The van der Waals surface area contributed by atoms with E-state index >= 15 is 0 Å². The van der Waals surface area contributed by atoms with Gasteiger partial charge < -0.3 is 9.57 Å². The van der Waals surface area contributed by atoms with Crippen LogP contribution in [0.3, 0.4) is 0 Å². The summed E-state index contributed by atoms with van der Waals surface area (Å²) < 4.78 is 45.3. The number of aryl methyl sites for hydroxylation is 1. The quantitative estimate of drug-likeness (QED) is 0.604. The summed E-state index contributed by atoms with van der Waals surface area (Å²) in [5.74, 6) is -1.19. The molecule has 1 amide bonds. The van der Waals surface area contributed by atoms with Gasteiger partial charge in [0.15, 0.2) is 0 Å². The molecule has 10 heteroatoms. The third-order valence-electron chi connectivity index (χ3n) is 4.26. The smallest absolute Gasteiger partial charge is 0.451 e. The second-order valence-electron chi connectivity index (χ2n) is 6.24. The van der Waals surface area contributed by atoms with E-state index in [-0.39, 0.29) is 21.2 Å². The number of alkyl halides is 3. The predicted octanol–water partition coefficient (Wildman–Crippen LogP) is 6.03. The van der Waals surface area contributed by atoms with Crippen LogP contribution in [0.15, 0.2) is 42.2 Å². The Hall–Kier alpha value is -2.42. The van der Waals surface area contributed by atoms with Crippen LogP contribution >= 0.6 is 23.2 Å². The van der Waals surface area contributed by atoms with Crippen LogP contribution in [0.25, 0.3) is 5.57 Å². The molecule has 2 aromatic carbocycles. The van der Waals surface area contributed by atoms with Crippen molar-refractivity contribution in [2.75, 3.05) is 12.4 Å². The molecule has 0 spiro atoms. The molecule has 3 rings (SSSR count). The molecular weight excluding hydrogens is 432 g/mol. The molecule has 0 bridgehead atoms. The van der Waals surface area contributed by atoms with E-state index in [0.717, 1.165) is 0 Å². The Labute approximate surface area is 174 Å². The van der Waals surface area contributed by atoms with Crippen LogP contribution in [0.1, 0.15) is 22.7 Å². The molecule has 1 heterocycles. The number of hydrogen-bond acceptors (Lipinski definition) is 4. The molecule has 0 aliphatic carbocycles. The van der Waals surface area contributed by atoms with Crippen molar-refractivity contribution in [2.24, 2.45) is 0 Å². The Morgan fingerprint density at radius 3 is 2.41 bits per heavy atom. The first kappa shape index (κ1) is 21.3. The fraction of sp³-hybridized carbons (Fsp3) is 0.211. The number of methoxy groups -OCH3 is 1. The van der Waals surface area contributed by atoms with Crippen LogP contribution in [0, 0.1) is 6.92 Å². The van der Waals surface area contributed by atoms with Gasteiger partial charge in [-0.25, -0.2) is 4.79 Å². The van der Waals surface area contributed by atoms with Gasteiger partial charge in [0.2, 0.25) is 5.76 Å². The van der Waals surface area contributed by atoms with Crippen LogP contribution in [0.2, 0.25) is 10.0 Å². The largest absolute Gasteiger partial charge is 0.453 e. The number of ether oxygens (including phenoxy) is 1. The summed E-state index contributed by atoms with van der Waals surface area (Å²) in [5.41, 5.74) is 3.91. The zero-order chi connectivity index (χ0) is 21.3. The molecule has 1 aliphatic heterocycles.